The molecule has 0 aromatic carbocycles. The van der Waals surface area contributed by atoms with E-state index in [1.807, 2.05) is 37.3 Å². The summed E-state index contributed by atoms with van der Waals surface area (Å²) in [4.78, 5) is 6.26. The average Bonchev–Trinajstić information content (AvgIpc) is 2.18. The standard InChI is InChI=1S/C11H19N3O/c1-9(15)6-12-7-10-4-5-11(13-8-10)14(2)3/h4-5,8-9,12,15H,6-7H2,1-3H3/t9-/m1/s1. The van der Waals surface area contributed by atoms with Crippen LogP contribution in [-0.2, 0) is 6.54 Å². The van der Waals surface area contributed by atoms with Crippen LogP contribution < -0.4 is 10.2 Å². The van der Waals surface area contributed by atoms with Crippen LogP contribution in [0.5, 0.6) is 0 Å². The molecule has 0 unspecified atom stereocenters. The molecule has 1 rings (SSSR count). The molecule has 4 nitrogen and oxygen atoms in total. The number of aliphatic hydroxyl groups excluding tert-OH is 1. The quantitative estimate of drug-likeness (QED) is 0.746. The fraction of sp³-hybridized carbons (Fsp3) is 0.545. The van der Waals surface area contributed by atoms with E-state index in [0.717, 1.165) is 17.9 Å². The second kappa shape index (κ2) is 5.68. The van der Waals surface area contributed by atoms with Crippen LogP contribution in [0.3, 0.4) is 0 Å². The average molecular weight is 209 g/mol. The number of anilines is 1. The van der Waals surface area contributed by atoms with Gasteiger partial charge in [-0.3, -0.25) is 0 Å². The van der Waals surface area contributed by atoms with Gasteiger partial charge in [-0.05, 0) is 18.6 Å². The van der Waals surface area contributed by atoms with Crippen LogP contribution in [0.15, 0.2) is 18.3 Å². The largest absolute Gasteiger partial charge is 0.392 e. The zero-order chi connectivity index (χ0) is 11.3. The molecule has 0 aliphatic rings. The molecule has 0 aliphatic carbocycles. The van der Waals surface area contributed by atoms with E-state index in [9.17, 15) is 0 Å². The molecule has 1 aromatic heterocycles. The lowest BCUT2D eigenvalue weighted by Gasteiger charge is -2.11. The van der Waals surface area contributed by atoms with Crippen LogP contribution in [0, 0.1) is 0 Å². The number of rotatable bonds is 5. The molecule has 2 N–H and O–H groups in total. The zero-order valence-corrected chi connectivity index (χ0v) is 9.57. The minimum absolute atomic E-state index is 0.306. The van der Waals surface area contributed by atoms with Crippen LogP contribution in [0.1, 0.15) is 12.5 Å². The molecule has 15 heavy (non-hydrogen) atoms. The molecule has 0 bridgehead atoms. The number of nitrogens with zero attached hydrogens (tertiary/aromatic N) is 2. The Hall–Kier alpha value is -1.13. The minimum Gasteiger partial charge on any atom is -0.392 e. The molecule has 1 aromatic rings. The van der Waals surface area contributed by atoms with E-state index >= 15 is 0 Å². The number of hydrogen-bond donors (Lipinski definition) is 2. The van der Waals surface area contributed by atoms with Gasteiger partial charge in [-0.2, -0.15) is 0 Å². The third-order valence-corrected chi connectivity index (χ3v) is 2.04. The third kappa shape index (κ3) is 4.27. The number of pyridine rings is 1. The first kappa shape index (κ1) is 11.9. The number of hydrogen-bond acceptors (Lipinski definition) is 4. The molecule has 0 fully saturated rings. The Morgan fingerprint density at radius 2 is 2.20 bits per heavy atom. The normalized spacial score (nSPS) is 12.5. The second-order valence-electron chi connectivity index (χ2n) is 3.90. The van der Waals surface area contributed by atoms with Crippen molar-refractivity contribution in [3.63, 3.8) is 0 Å². The summed E-state index contributed by atoms with van der Waals surface area (Å²) in [5, 5.41) is 12.2. The van der Waals surface area contributed by atoms with Gasteiger partial charge < -0.3 is 15.3 Å². The molecular weight excluding hydrogens is 190 g/mol. The van der Waals surface area contributed by atoms with Crippen LogP contribution in [-0.4, -0.2) is 36.8 Å². The molecule has 0 amide bonds. The van der Waals surface area contributed by atoms with Crippen molar-refractivity contribution in [1.29, 1.82) is 0 Å². The molecule has 0 radical (unpaired) electrons. The van der Waals surface area contributed by atoms with Crippen molar-refractivity contribution in [3.05, 3.63) is 23.9 Å². The second-order valence-corrected chi connectivity index (χ2v) is 3.90. The van der Waals surface area contributed by atoms with E-state index in [2.05, 4.69) is 10.3 Å². The monoisotopic (exact) mass is 209 g/mol. The molecule has 0 spiro atoms. The number of aromatic nitrogens is 1. The predicted molar refractivity (Wildman–Crippen MR) is 62.0 cm³/mol. The Bertz CT molecular complexity index is 282. The lowest BCUT2D eigenvalue weighted by atomic mass is 10.2. The molecule has 1 atom stereocenters. The van der Waals surface area contributed by atoms with Gasteiger partial charge in [0, 0.05) is 33.4 Å². The van der Waals surface area contributed by atoms with Crippen LogP contribution in [0.4, 0.5) is 5.82 Å². The first-order valence-electron chi connectivity index (χ1n) is 5.10. The lowest BCUT2D eigenvalue weighted by Crippen LogP contribution is -2.23. The van der Waals surface area contributed by atoms with E-state index in [-0.39, 0.29) is 6.10 Å². The van der Waals surface area contributed by atoms with E-state index in [4.69, 9.17) is 5.11 Å². The molecule has 0 saturated heterocycles. The van der Waals surface area contributed by atoms with Gasteiger partial charge in [0.1, 0.15) is 5.82 Å². The van der Waals surface area contributed by atoms with E-state index in [1.54, 1.807) is 6.92 Å². The maximum Gasteiger partial charge on any atom is 0.127 e. The molecule has 0 saturated carbocycles. The van der Waals surface area contributed by atoms with E-state index in [1.165, 1.54) is 0 Å². The van der Waals surface area contributed by atoms with Crippen molar-refractivity contribution >= 4 is 5.82 Å². The van der Waals surface area contributed by atoms with Crippen molar-refractivity contribution in [2.45, 2.75) is 19.6 Å². The van der Waals surface area contributed by atoms with Crippen molar-refractivity contribution < 1.29 is 5.11 Å². The maximum absolute atomic E-state index is 9.06. The molecule has 4 heteroatoms. The highest BCUT2D eigenvalue weighted by atomic mass is 16.3. The topological polar surface area (TPSA) is 48.4 Å². The van der Waals surface area contributed by atoms with Gasteiger partial charge in [-0.25, -0.2) is 4.98 Å². The Morgan fingerprint density at radius 1 is 1.47 bits per heavy atom. The zero-order valence-electron chi connectivity index (χ0n) is 9.57. The summed E-state index contributed by atoms with van der Waals surface area (Å²) in [5.41, 5.74) is 1.13. The molecule has 1 heterocycles. The SMILES string of the molecule is C[C@@H](O)CNCc1ccc(N(C)C)nc1. The van der Waals surface area contributed by atoms with Crippen molar-refractivity contribution in [2.24, 2.45) is 0 Å². The summed E-state index contributed by atoms with van der Waals surface area (Å²) in [6.45, 7) is 3.11. The Balaban J connectivity index is 2.43. The summed E-state index contributed by atoms with van der Waals surface area (Å²) >= 11 is 0. The first-order chi connectivity index (χ1) is 7.09. The van der Waals surface area contributed by atoms with Gasteiger partial charge in [0.15, 0.2) is 0 Å². The third-order valence-electron chi connectivity index (χ3n) is 2.04. The van der Waals surface area contributed by atoms with Gasteiger partial charge in [0.25, 0.3) is 0 Å². The number of nitrogens with one attached hydrogen (secondary N) is 1. The smallest absolute Gasteiger partial charge is 0.127 e. The summed E-state index contributed by atoms with van der Waals surface area (Å²) in [6.07, 6.45) is 1.55. The number of aliphatic hydroxyl groups is 1. The highest BCUT2D eigenvalue weighted by molar-refractivity contribution is 5.37. The Kier molecular flexibility index (Phi) is 4.52. The molecule has 0 aliphatic heterocycles. The summed E-state index contributed by atoms with van der Waals surface area (Å²) in [5.74, 6) is 0.953. The predicted octanol–water partition coefficient (Wildman–Crippen LogP) is 0.618. The Morgan fingerprint density at radius 3 is 2.67 bits per heavy atom. The van der Waals surface area contributed by atoms with E-state index < -0.39 is 0 Å². The van der Waals surface area contributed by atoms with Gasteiger partial charge in [-0.1, -0.05) is 6.07 Å². The minimum atomic E-state index is -0.306. The van der Waals surface area contributed by atoms with Crippen LogP contribution in [0.25, 0.3) is 0 Å². The van der Waals surface area contributed by atoms with Crippen molar-refractivity contribution in [3.8, 4) is 0 Å². The van der Waals surface area contributed by atoms with Gasteiger partial charge in [0.05, 0.1) is 6.10 Å². The van der Waals surface area contributed by atoms with Crippen LogP contribution in [0.2, 0.25) is 0 Å². The Labute approximate surface area is 90.9 Å². The van der Waals surface area contributed by atoms with Gasteiger partial charge in [0.2, 0.25) is 0 Å². The highest BCUT2D eigenvalue weighted by Crippen LogP contribution is 2.07. The summed E-state index contributed by atoms with van der Waals surface area (Å²) in [6, 6.07) is 4.02. The molecule has 84 valence electrons. The highest BCUT2D eigenvalue weighted by Gasteiger charge is 1.98. The van der Waals surface area contributed by atoms with Crippen LogP contribution >= 0.6 is 0 Å². The van der Waals surface area contributed by atoms with E-state index in [0.29, 0.717) is 6.54 Å². The fourth-order valence-corrected chi connectivity index (χ4v) is 1.21. The first-order valence-corrected chi connectivity index (χ1v) is 5.10. The molecular formula is C11H19N3O. The summed E-state index contributed by atoms with van der Waals surface area (Å²) < 4.78 is 0. The van der Waals surface area contributed by atoms with Gasteiger partial charge in [-0.15, -0.1) is 0 Å². The van der Waals surface area contributed by atoms with Crippen molar-refractivity contribution in [2.75, 3.05) is 25.5 Å². The van der Waals surface area contributed by atoms with Crippen molar-refractivity contribution in [1.82, 2.24) is 10.3 Å². The van der Waals surface area contributed by atoms with Gasteiger partial charge >= 0.3 is 0 Å². The lowest BCUT2D eigenvalue weighted by molar-refractivity contribution is 0.191. The maximum atomic E-state index is 9.06. The summed E-state index contributed by atoms with van der Waals surface area (Å²) in [7, 11) is 3.93. The fourth-order valence-electron chi connectivity index (χ4n) is 1.21.